The molecule has 0 aliphatic heterocycles. The Morgan fingerprint density at radius 1 is 1.62 bits per heavy atom. The summed E-state index contributed by atoms with van der Waals surface area (Å²) in [4.78, 5) is 6.01. The molecule has 0 spiro atoms. The summed E-state index contributed by atoms with van der Waals surface area (Å²) in [5.74, 6) is 0. The molecule has 0 radical (unpaired) electrons. The van der Waals surface area contributed by atoms with Crippen molar-refractivity contribution in [2.45, 2.75) is 31.7 Å². The van der Waals surface area contributed by atoms with Crippen molar-refractivity contribution in [2.24, 2.45) is 5.73 Å². The van der Waals surface area contributed by atoms with E-state index < -0.39 is 0 Å². The number of fused-ring (bicyclic) bond motifs is 1. The molecule has 0 saturated heterocycles. The highest BCUT2D eigenvalue weighted by atomic mass is 32.1. The fraction of sp³-hybridized carbons (Fsp3) is 0.500. The van der Waals surface area contributed by atoms with Gasteiger partial charge in [0.05, 0.1) is 11.7 Å². The Morgan fingerprint density at radius 3 is 3.15 bits per heavy atom. The minimum absolute atomic E-state index is 0.0631. The maximum absolute atomic E-state index is 5.94. The van der Waals surface area contributed by atoms with E-state index in [0.29, 0.717) is 0 Å². The number of hydrogen-bond donors (Lipinski definition) is 1. The fourth-order valence-electron chi connectivity index (χ4n) is 1.65. The maximum Gasteiger partial charge on any atom is 0.110 e. The van der Waals surface area contributed by atoms with Gasteiger partial charge in [-0.3, -0.25) is 0 Å². The van der Waals surface area contributed by atoms with Crippen LogP contribution in [0.3, 0.4) is 0 Å². The third-order valence-corrected chi connectivity index (χ3v) is 3.64. The molecule has 1 heterocycles. The molecule has 0 aromatic carbocycles. The molecule has 1 aliphatic carbocycles. The topological polar surface area (TPSA) is 38.9 Å². The third-order valence-electron chi connectivity index (χ3n) is 2.35. The van der Waals surface area contributed by atoms with E-state index in [0.717, 1.165) is 17.8 Å². The molecule has 0 bridgehead atoms. The van der Waals surface area contributed by atoms with Gasteiger partial charge in [0.15, 0.2) is 0 Å². The number of hydrogen-bond acceptors (Lipinski definition) is 3. The molecular formula is C10H14N2S. The number of aromatic nitrogens is 1. The quantitative estimate of drug-likeness (QED) is 0.749. The summed E-state index contributed by atoms with van der Waals surface area (Å²) in [5, 5.41) is 1.09. The van der Waals surface area contributed by atoms with E-state index in [4.69, 9.17) is 5.73 Å². The second-order valence-electron chi connectivity index (χ2n) is 3.41. The molecule has 0 fully saturated rings. The van der Waals surface area contributed by atoms with Gasteiger partial charge in [0.25, 0.3) is 0 Å². The number of nitrogens with two attached hydrogens (primary N) is 1. The van der Waals surface area contributed by atoms with Crippen LogP contribution in [-0.2, 0) is 12.8 Å². The highest BCUT2D eigenvalue weighted by Crippen LogP contribution is 2.30. The highest BCUT2D eigenvalue weighted by Gasteiger charge is 2.18. The molecule has 3 heteroatoms. The van der Waals surface area contributed by atoms with Gasteiger partial charge in [0.1, 0.15) is 5.01 Å². The average Bonchev–Trinajstić information content (AvgIpc) is 2.61. The Hall–Kier alpha value is -0.670. The summed E-state index contributed by atoms with van der Waals surface area (Å²) in [7, 11) is 0. The van der Waals surface area contributed by atoms with Gasteiger partial charge in [-0.15, -0.1) is 17.9 Å². The fourth-order valence-corrected chi connectivity index (χ4v) is 2.82. The van der Waals surface area contributed by atoms with Gasteiger partial charge in [0, 0.05) is 4.88 Å². The van der Waals surface area contributed by atoms with Gasteiger partial charge in [0.2, 0.25) is 0 Å². The lowest BCUT2D eigenvalue weighted by Crippen LogP contribution is -2.08. The van der Waals surface area contributed by atoms with Crippen LogP contribution >= 0.6 is 11.3 Å². The largest absolute Gasteiger partial charge is 0.322 e. The number of aryl methyl sites for hydroxylation is 2. The second-order valence-corrected chi connectivity index (χ2v) is 4.52. The monoisotopic (exact) mass is 194 g/mol. The number of rotatable bonds is 3. The number of nitrogens with zero attached hydrogens (tertiary/aromatic N) is 1. The summed E-state index contributed by atoms with van der Waals surface area (Å²) in [6.07, 6.45) is 6.30. The van der Waals surface area contributed by atoms with Crippen LogP contribution in [-0.4, -0.2) is 4.98 Å². The van der Waals surface area contributed by atoms with E-state index in [2.05, 4.69) is 11.6 Å². The van der Waals surface area contributed by atoms with Crippen molar-refractivity contribution >= 4 is 11.3 Å². The Kier molecular flexibility index (Phi) is 2.47. The van der Waals surface area contributed by atoms with Crippen LogP contribution in [0.4, 0.5) is 0 Å². The summed E-state index contributed by atoms with van der Waals surface area (Å²) >= 11 is 1.79. The van der Waals surface area contributed by atoms with E-state index in [-0.39, 0.29) is 6.04 Å². The number of thiazole rings is 1. The van der Waals surface area contributed by atoms with E-state index in [9.17, 15) is 0 Å². The molecule has 0 amide bonds. The van der Waals surface area contributed by atoms with Gasteiger partial charge in [-0.25, -0.2) is 4.98 Å². The maximum atomic E-state index is 5.94. The van der Waals surface area contributed by atoms with Crippen LogP contribution in [0, 0.1) is 0 Å². The average molecular weight is 194 g/mol. The molecule has 13 heavy (non-hydrogen) atoms. The zero-order valence-corrected chi connectivity index (χ0v) is 8.44. The summed E-state index contributed by atoms with van der Waals surface area (Å²) in [5.41, 5.74) is 7.23. The molecule has 1 unspecified atom stereocenters. The van der Waals surface area contributed by atoms with Crippen molar-refractivity contribution in [3.63, 3.8) is 0 Å². The molecule has 2 rings (SSSR count). The lowest BCUT2D eigenvalue weighted by atomic mass is 10.2. The lowest BCUT2D eigenvalue weighted by Gasteiger charge is -2.03. The van der Waals surface area contributed by atoms with Crippen molar-refractivity contribution in [3.8, 4) is 0 Å². The molecule has 1 aromatic heterocycles. The van der Waals surface area contributed by atoms with Crippen molar-refractivity contribution in [1.82, 2.24) is 4.98 Å². The SMILES string of the molecule is C=CCC(N)c1nc2c(s1)CCC2. The second kappa shape index (κ2) is 3.60. The Balaban J connectivity index is 2.17. The van der Waals surface area contributed by atoms with Gasteiger partial charge < -0.3 is 5.73 Å². The molecule has 1 atom stereocenters. The summed E-state index contributed by atoms with van der Waals surface area (Å²) in [6.45, 7) is 3.69. The van der Waals surface area contributed by atoms with Crippen LogP contribution in [0.15, 0.2) is 12.7 Å². The predicted octanol–water partition coefficient (Wildman–Crippen LogP) is 2.21. The summed E-state index contributed by atoms with van der Waals surface area (Å²) < 4.78 is 0. The van der Waals surface area contributed by atoms with Crippen molar-refractivity contribution in [2.75, 3.05) is 0 Å². The van der Waals surface area contributed by atoms with E-state index in [1.54, 1.807) is 11.3 Å². The van der Waals surface area contributed by atoms with Crippen molar-refractivity contribution in [3.05, 3.63) is 28.2 Å². The predicted molar refractivity (Wildman–Crippen MR) is 55.9 cm³/mol. The first-order chi connectivity index (χ1) is 6.31. The van der Waals surface area contributed by atoms with E-state index in [1.807, 2.05) is 6.08 Å². The van der Waals surface area contributed by atoms with Gasteiger partial charge in [-0.05, 0) is 25.7 Å². The first-order valence-corrected chi connectivity index (χ1v) is 5.48. The zero-order chi connectivity index (χ0) is 9.26. The first kappa shape index (κ1) is 8.91. The highest BCUT2D eigenvalue weighted by molar-refractivity contribution is 7.11. The van der Waals surface area contributed by atoms with Crippen molar-refractivity contribution in [1.29, 1.82) is 0 Å². The Labute approximate surface area is 82.5 Å². The standard InChI is InChI=1S/C10H14N2S/c1-2-4-7(11)10-12-8-5-3-6-9(8)13-10/h2,7H,1,3-6,11H2. The van der Waals surface area contributed by atoms with E-state index >= 15 is 0 Å². The first-order valence-electron chi connectivity index (χ1n) is 4.66. The van der Waals surface area contributed by atoms with Gasteiger partial charge >= 0.3 is 0 Å². The van der Waals surface area contributed by atoms with E-state index in [1.165, 1.54) is 23.4 Å². The minimum atomic E-state index is 0.0631. The minimum Gasteiger partial charge on any atom is -0.322 e. The molecule has 2 N–H and O–H groups in total. The Bertz CT molecular complexity index is 295. The molecular weight excluding hydrogens is 180 g/mol. The normalized spacial score (nSPS) is 17.0. The summed E-state index contributed by atoms with van der Waals surface area (Å²) in [6, 6.07) is 0.0631. The van der Waals surface area contributed by atoms with Gasteiger partial charge in [-0.1, -0.05) is 6.08 Å². The van der Waals surface area contributed by atoms with Crippen LogP contribution in [0.5, 0.6) is 0 Å². The zero-order valence-electron chi connectivity index (χ0n) is 7.62. The molecule has 1 aromatic rings. The van der Waals surface area contributed by atoms with Crippen molar-refractivity contribution < 1.29 is 0 Å². The van der Waals surface area contributed by atoms with Crippen LogP contribution in [0.25, 0.3) is 0 Å². The lowest BCUT2D eigenvalue weighted by molar-refractivity contribution is 0.728. The Morgan fingerprint density at radius 2 is 2.46 bits per heavy atom. The van der Waals surface area contributed by atoms with Crippen LogP contribution in [0.2, 0.25) is 0 Å². The molecule has 2 nitrogen and oxygen atoms in total. The smallest absolute Gasteiger partial charge is 0.110 e. The van der Waals surface area contributed by atoms with Crippen LogP contribution in [0.1, 0.15) is 34.5 Å². The molecule has 1 aliphatic rings. The third kappa shape index (κ3) is 1.67. The molecule has 0 saturated carbocycles. The van der Waals surface area contributed by atoms with Crippen LogP contribution < -0.4 is 5.73 Å². The van der Waals surface area contributed by atoms with Gasteiger partial charge in [-0.2, -0.15) is 0 Å². The molecule has 70 valence electrons.